The molecule has 2 amide bonds. The highest BCUT2D eigenvalue weighted by Gasteiger charge is 2.16. The molecule has 2 N–H and O–H groups in total. The molecule has 0 bridgehead atoms. The molecule has 24 heavy (non-hydrogen) atoms. The Bertz CT molecular complexity index is 847. The first-order valence-corrected chi connectivity index (χ1v) is 9.11. The topological polar surface area (TPSA) is 105 Å². The summed E-state index contributed by atoms with van der Waals surface area (Å²) in [6.45, 7) is -0.0784. The molecule has 0 aliphatic rings. The minimum atomic E-state index is -3.47. The van der Waals surface area contributed by atoms with Crippen molar-refractivity contribution in [2.24, 2.45) is 0 Å². The van der Waals surface area contributed by atoms with E-state index in [-0.39, 0.29) is 28.6 Å². The number of nitrogens with one attached hydrogen (secondary N) is 2. The van der Waals surface area contributed by atoms with Crippen LogP contribution in [-0.2, 0) is 21.2 Å². The second-order valence-electron chi connectivity index (χ2n) is 4.95. The normalized spacial score (nSPS) is 11.1. The minimum absolute atomic E-state index is 0.0153. The predicted octanol–water partition coefficient (Wildman–Crippen LogP) is 1.38. The van der Waals surface area contributed by atoms with Crippen molar-refractivity contribution in [3.63, 3.8) is 0 Å². The van der Waals surface area contributed by atoms with Crippen molar-refractivity contribution in [2.45, 2.75) is 11.4 Å². The summed E-state index contributed by atoms with van der Waals surface area (Å²) in [6.07, 6.45) is 2.51. The summed E-state index contributed by atoms with van der Waals surface area (Å²) in [5, 5.41) is 5.05. The number of benzene rings is 1. The predicted molar refractivity (Wildman–Crippen MR) is 87.4 cm³/mol. The molecule has 1 aromatic carbocycles. The highest BCUT2D eigenvalue weighted by atomic mass is 35.5. The van der Waals surface area contributed by atoms with E-state index in [0.29, 0.717) is 5.76 Å². The third kappa shape index (κ3) is 4.84. The van der Waals surface area contributed by atoms with Crippen LogP contribution in [0.15, 0.2) is 45.9 Å². The molecule has 0 aliphatic carbocycles. The molecular formula is C15H15ClN2O5S. The van der Waals surface area contributed by atoms with Crippen LogP contribution in [0.5, 0.6) is 0 Å². The quantitative estimate of drug-likeness (QED) is 0.799. The molecule has 0 spiro atoms. The van der Waals surface area contributed by atoms with E-state index in [4.69, 9.17) is 16.0 Å². The molecule has 0 fully saturated rings. The van der Waals surface area contributed by atoms with Crippen LogP contribution in [-0.4, -0.2) is 33.0 Å². The van der Waals surface area contributed by atoms with Gasteiger partial charge < -0.3 is 15.1 Å². The highest BCUT2D eigenvalue weighted by Crippen LogP contribution is 2.20. The van der Waals surface area contributed by atoms with Crippen molar-refractivity contribution in [3.8, 4) is 0 Å². The maximum absolute atomic E-state index is 12.1. The summed E-state index contributed by atoms with van der Waals surface area (Å²) < 4.78 is 28.1. The Morgan fingerprint density at radius 1 is 1.21 bits per heavy atom. The zero-order chi connectivity index (χ0) is 17.7. The van der Waals surface area contributed by atoms with E-state index in [2.05, 4.69) is 10.6 Å². The second kappa shape index (κ2) is 7.50. The van der Waals surface area contributed by atoms with Crippen LogP contribution in [0.25, 0.3) is 0 Å². The average Bonchev–Trinajstić information content (AvgIpc) is 3.03. The molecular weight excluding hydrogens is 356 g/mol. The average molecular weight is 371 g/mol. The number of carbonyl (C=O) groups is 2. The molecule has 0 unspecified atom stereocenters. The first-order chi connectivity index (χ1) is 11.3. The van der Waals surface area contributed by atoms with Gasteiger partial charge in [0.1, 0.15) is 5.76 Å². The number of amides is 2. The number of hydrogen-bond donors (Lipinski definition) is 2. The standard InChI is InChI=1S/C15H15ClN2O5S/c1-24(21,22)11-4-5-13(16)12(7-11)15(20)18-9-14(19)17-8-10-3-2-6-23-10/h2-7H,8-9H2,1H3,(H,17,19)(H,18,20). The molecule has 9 heteroatoms. The molecule has 1 heterocycles. The number of hydrogen-bond acceptors (Lipinski definition) is 5. The van der Waals surface area contributed by atoms with E-state index in [1.54, 1.807) is 12.1 Å². The summed E-state index contributed by atoms with van der Waals surface area (Å²) in [7, 11) is -3.47. The van der Waals surface area contributed by atoms with Gasteiger partial charge in [-0.15, -0.1) is 0 Å². The van der Waals surface area contributed by atoms with E-state index < -0.39 is 21.7 Å². The Hall–Kier alpha value is -2.32. The molecule has 0 saturated heterocycles. The maximum Gasteiger partial charge on any atom is 0.253 e. The molecule has 0 radical (unpaired) electrons. The zero-order valence-corrected chi connectivity index (χ0v) is 14.3. The van der Waals surface area contributed by atoms with Crippen LogP contribution in [0.4, 0.5) is 0 Å². The molecule has 0 atom stereocenters. The zero-order valence-electron chi connectivity index (χ0n) is 12.7. The van der Waals surface area contributed by atoms with E-state index in [0.717, 1.165) is 6.26 Å². The van der Waals surface area contributed by atoms with Crippen molar-refractivity contribution >= 4 is 33.3 Å². The van der Waals surface area contributed by atoms with E-state index in [1.807, 2.05) is 0 Å². The van der Waals surface area contributed by atoms with Crippen molar-refractivity contribution in [1.82, 2.24) is 10.6 Å². The smallest absolute Gasteiger partial charge is 0.253 e. The van der Waals surface area contributed by atoms with Crippen LogP contribution in [0.1, 0.15) is 16.1 Å². The van der Waals surface area contributed by atoms with E-state index in [1.165, 1.54) is 24.5 Å². The fourth-order valence-electron chi connectivity index (χ4n) is 1.83. The largest absolute Gasteiger partial charge is 0.467 e. The van der Waals surface area contributed by atoms with Gasteiger partial charge in [-0.05, 0) is 30.3 Å². The second-order valence-corrected chi connectivity index (χ2v) is 7.38. The Kier molecular flexibility index (Phi) is 5.63. The van der Waals surface area contributed by atoms with E-state index in [9.17, 15) is 18.0 Å². The summed E-state index contributed by atoms with van der Waals surface area (Å²) in [5.41, 5.74) is -0.0153. The summed E-state index contributed by atoms with van der Waals surface area (Å²) in [5.74, 6) is -0.479. The minimum Gasteiger partial charge on any atom is -0.467 e. The van der Waals surface area contributed by atoms with Crippen LogP contribution in [0.3, 0.4) is 0 Å². The third-order valence-electron chi connectivity index (χ3n) is 3.06. The number of halogens is 1. The Morgan fingerprint density at radius 3 is 2.58 bits per heavy atom. The van der Waals surface area contributed by atoms with Crippen molar-refractivity contribution in [3.05, 3.63) is 52.9 Å². The van der Waals surface area contributed by atoms with Crippen molar-refractivity contribution in [1.29, 1.82) is 0 Å². The molecule has 0 saturated carbocycles. The SMILES string of the molecule is CS(=O)(=O)c1ccc(Cl)c(C(=O)NCC(=O)NCc2ccco2)c1. The lowest BCUT2D eigenvalue weighted by Crippen LogP contribution is -2.36. The Morgan fingerprint density at radius 2 is 1.96 bits per heavy atom. The molecule has 0 aliphatic heterocycles. The van der Waals surface area contributed by atoms with Gasteiger partial charge in [0.2, 0.25) is 5.91 Å². The summed E-state index contributed by atoms with van der Waals surface area (Å²) >= 11 is 5.92. The number of rotatable bonds is 6. The third-order valence-corrected chi connectivity index (χ3v) is 4.50. The van der Waals surface area contributed by atoms with Gasteiger partial charge in [0.15, 0.2) is 9.84 Å². The van der Waals surface area contributed by atoms with Gasteiger partial charge in [-0.25, -0.2) is 8.42 Å². The van der Waals surface area contributed by atoms with Gasteiger partial charge in [-0.3, -0.25) is 9.59 Å². The van der Waals surface area contributed by atoms with E-state index >= 15 is 0 Å². The first kappa shape index (κ1) is 18.0. The lowest BCUT2D eigenvalue weighted by molar-refractivity contribution is -0.120. The molecule has 7 nitrogen and oxygen atoms in total. The van der Waals surface area contributed by atoms with Gasteiger partial charge in [0.05, 0.1) is 34.8 Å². The fraction of sp³-hybridized carbons (Fsp3) is 0.200. The fourth-order valence-corrected chi connectivity index (χ4v) is 2.68. The summed E-state index contributed by atoms with van der Waals surface area (Å²) in [4.78, 5) is 23.8. The molecule has 2 aromatic rings. The maximum atomic E-state index is 12.1. The highest BCUT2D eigenvalue weighted by molar-refractivity contribution is 7.90. The van der Waals surface area contributed by atoms with Crippen LogP contribution in [0.2, 0.25) is 5.02 Å². The number of furan rings is 1. The van der Waals surface area contributed by atoms with Crippen LogP contribution < -0.4 is 10.6 Å². The molecule has 2 rings (SSSR count). The Labute approximate surface area is 143 Å². The Balaban J connectivity index is 1.96. The van der Waals surface area contributed by atoms with Crippen molar-refractivity contribution < 1.29 is 22.4 Å². The monoisotopic (exact) mass is 370 g/mol. The first-order valence-electron chi connectivity index (χ1n) is 6.84. The summed E-state index contributed by atoms with van der Waals surface area (Å²) in [6, 6.07) is 7.21. The van der Waals surface area contributed by atoms with Crippen molar-refractivity contribution in [2.75, 3.05) is 12.8 Å². The van der Waals surface area contributed by atoms with Crippen LogP contribution >= 0.6 is 11.6 Å². The van der Waals surface area contributed by atoms with Gasteiger partial charge in [-0.1, -0.05) is 11.6 Å². The van der Waals surface area contributed by atoms with Gasteiger partial charge in [-0.2, -0.15) is 0 Å². The van der Waals surface area contributed by atoms with Gasteiger partial charge >= 0.3 is 0 Å². The number of carbonyl (C=O) groups excluding carboxylic acids is 2. The lowest BCUT2D eigenvalue weighted by atomic mass is 10.2. The molecule has 128 valence electrons. The lowest BCUT2D eigenvalue weighted by Gasteiger charge is -2.08. The van der Waals surface area contributed by atoms with Gasteiger partial charge in [0, 0.05) is 6.26 Å². The van der Waals surface area contributed by atoms with Gasteiger partial charge in [0.25, 0.3) is 5.91 Å². The molecule has 1 aromatic heterocycles. The number of sulfone groups is 1. The van der Waals surface area contributed by atoms with Crippen LogP contribution in [0, 0.1) is 0 Å².